The van der Waals surface area contributed by atoms with Gasteiger partial charge in [0.2, 0.25) is 0 Å². The van der Waals surface area contributed by atoms with Crippen LogP contribution in [0.5, 0.6) is 0 Å². The maximum atomic E-state index is 12.5. The monoisotopic (exact) mass is 461 g/mol. The smallest absolute Gasteiger partial charge is 0.287 e. The number of halogens is 1. The molecular weight excluding hydrogens is 438 g/mol. The van der Waals surface area contributed by atoms with Gasteiger partial charge in [-0.05, 0) is 50.5 Å². The molecule has 154 valence electrons. The second kappa shape index (κ2) is 9.84. The molecular formula is C21H24BrN3O4. The standard InChI is InChI=1S/C21H24BrN3O4/c1-13-18-16(24-25-20(26)14-7-9-15(22)10-8-14)5-3-6-17(18)29-19(13)21(27)23-11-4-12-28-2/h7-10H,3-6,11-12H2,1-2H3,(H,23,27)(H,25,26)/b24-16+. The highest BCUT2D eigenvalue weighted by atomic mass is 79.9. The molecule has 2 N–H and O–H groups in total. The van der Waals surface area contributed by atoms with Gasteiger partial charge < -0.3 is 14.5 Å². The van der Waals surface area contributed by atoms with E-state index in [1.165, 1.54) is 0 Å². The number of aryl methyl sites for hydroxylation is 1. The summed E-state index contributed by atoms with van der Waals surface area (Å²) in [5.41, 5.74) is 5.45. The molecule has 1 aliphatic rings. The number of amides is 2. The Bertz CT molecular complexity index is 919. The van der Waals surface area contributed by atoms with Crippen LogP contribution in [0, 0.1) is 6.92 Å². The van der Waals surface area contributed by atoms with Crippen molar-refractivity contribution in [2.75, 3.05) is 20.3 Å². The number of benzene rings is 1. The molecule has 0 saturated heterocycles. The summed E-state index contributed by atoms with van der Waals surface area (Å²) in [4.78, 5) is 24.8. The van der Waals surface area contributed by atoms with E-state index in [-0.39, 0.29) is 11.8 Å². The molecule has 1 heterocycles. The Kier molecular flexibility index (Phi) is 7.22. The minimum Gasteiger partial charge on any atom is -0.455 e. The third kappa shape index (κ3) is 5.13. The number of hydrazone groups is 1. The van der Waals surface area contributed by atoms with Crippen molar-refractivity contribution in [1.29, 1.82) is 0 Å². The first-order chi connectivity index (χ1) is 14.0. The molecule has 1 aromatic carbocycles. The van der Waals surface area contributed by atoms with Crippen LogP contribution >= 0.6 is 15.9 Å². The van der Waals surface area contributed by atoms with Crippen LogP contribution in [0.2, 0.25) is 0 Å². The molecule has 0 aliphatic heterocycles. The summed E-state index contributed by atoms with van der Waals surface area (Å²) in [6.45, 7) is 2.95. The van der Waals surface area contributed by atoms with E-state index < -0.39 is 0 Å². The summed E-state index contributed by atoms with van der Waals surface area (Å²) in [6.07, 6.45) is 3.04. The summed E-state index contributed by atoms with van der Waals surface area (Å²) in [6, 6.07) is 7.05. The van der Waals surface area contributed by atoms with Crippen molar-refractivity contribution in [3.05, 3.63) is 56.9 Å². The fourth-order valence-corrected chi connectivity index (χ4v) is 3.54. The van der Waals surface area contributed by atoms with Crippen molar-refractivity contribution < 1.29 is 18.7 Å². The molecule has 2 aromatic rings. The molecule has 3 rings (SSSR count). The number of nitrogens with zero attached hydrogens (tertiary/aromatic N) is 1. The van der Waals surface area contributed by atoms with Crippen LogP contribution in [-0.2, 0) is 11.2 Å². The van der Waals surface area contributed by atoms with Gasteiger partial charge >= 0.3 is 0 Å². The van der Waals surface area contributed by atoms with Gasteiger partial charge in [0.25, 0.3) is 11.8 Å². The number of fused-ring (bicyclic) bond motifs is 1. The highest BCUT2D eigenvalue weighted by Crippen LogP contribution is 2.29. The lowest BCUT2D eigenvalue weighted by molar-refractivity contribution is 0.0916. The van der Waals surface area contributed by atoms with Crippen LogP contribution in [0.15, 0.2) is 38.3 Å². The van der Waals surface area contributed by atoms with Gasteiger partial charge in [-0.15, -0.1) is 0 Å². The van der Waals surface area contributed by atoms with Crippen LogP contribution in [0.1, 0.15) is 57.1 Å². The fraction of sp³-hybridized carbons (Fsp3) is 0.381. The van der Waals surface area contributed by atoms with Gasteiger partial charge in [-0.3, -0.25) is 9.59 Å². The molecule has 0 atom stereocenters. The lowest BCUT2D eigenvalue weighted by atomic mass is 9.93. The number of carbonyl (C=O) groups excluding carboxylic acids is 2. The predicted octanol–water partition coefficient (Wildman–Crippen LogP) is 3.59. The molecule has 8 heteroatoms. The van der Waals surface area contributed by atoms with E-state index in [1.807, 2.05) is 6.92 Å². The van der Waals surface area contributed by atoms with Gasteiger partial charge in [-0.2, -0.15) is 5.10 Å². The zero-order valence-electron chi connectivity index (χ0n) is 16.5. The van der Waals surface area contributed by atoms with E-state index in [1.54, 1.807) is 31.4 Å². The highest BCUT2D eigenvalue weighted by Gasteiger charge is 2.28. The van der Waals surface area contributed by atoms with E-state index in [0.29, 0.717) is 30.9 Å². The third-order valence-corrected chi connectivity index (χ3v) is 5.27. The van der Waals surface area contributed by atoms with E-state index in [0.717, 1.165) is 46.3 Å². The van der Waals surface area contributed by atoms with Crippen molar-refractivity contribution in [3.8, 4) is 0 Å². The lowest BCUT2D eigenvalue weighted by Crippen LogP contribution is -2.25. The number of ether oxygens (including phenoxy) is 1. The Balaban J connectivity index is 1.74. The molecule has 0 unspecified atom stereocenters. The van der Waals surface area contributed by atoms with Gasteiger partial charge in [0, 0.05) is 47.8 Å². The van der Waals surface area contributed by atoms with Crippen LogP contribution in [0.4, 0.5) is 0 Å². The number of hydrogen-bond donors (Lipinski definition) is 2. The average Bonchev–Trinajstić information content (AvgIpc) is 3.07. The minimum absolute atomic E-state index is 0.244. The molecule has 2 amide bonds. The average molecular weight is 462 g/mol. The molecule has 1 aromatic heterocycles. The molecule has 29 heavy (non-hydrogen) atoms. The third-order valence-electron chi connectivity index (χ3n) is 4.74. The number of rotatable bonds is 7. The molecule has 0 spiro atoms. The zero-order valence-corrected chi connectivity index (χ0v) is 18.1. The van der Waals surface area contributed by atoms with Gasteiger partial charge in [-0.25, -0.2) is 5.43 Å². The molecule has 0 bridgehead atoms. The molecule has 0 saturated carbocycles. The van der Waals surface area contributed by atoms with Crippen LogP contribution in [0.3, 0.4) is 0 Å². The normalized spacial score (nSPS) is 14.5. The van der Waals surface area contributed by atoms with Crippen LogP contribution in [0.25, 0.3) is 0 Å². The lowest BCUT2D eigenvalue weighted by Gasteiger charge is -2.13. The first-order valence-corrected chi connectivity index (χ1v) is 10.3. The predicted molar refractivity (Wildman–Crippen MR) is 113 cm³/mol. The fourth-order valence-electron chi connectivity index (χ4n) is 3.28. The van der Waals surface area contributed by atoms with E-state index in [4.69, 9.17) is 9.15 Å². The summed E-state index contributed by atoms with van der Waals surface area (Å²) in [5.74, 6) is 0.523. The van der Waals surface area contributed by atoms with Crippen molar-refractivity contribution in [2.24, 2.45) is 5.10 Å². The number of carbonyl (C=O) groups is 2. The van der Waals surface area contributed by atoms with Gasteiger partial charge in [0.05, 0.1) is 5.71 Å². The minimum atomic E-state index is -0.283. The number of hydrogen-bond acceptors (Lipinski definition) is 5. The van der Waals surface area contributed by atoms with Gasteiger partial charge in [0.1, 0.15) is 5.76 Å². The van der Waals surface area contributed by atoms with Crippen LogP contribution in [-0.4, -0.2) is 37.8 Å². The zero-order chi connectivity index (χ0) is 20.8. The molecule has 0 fully saturated rings. The number of furan rings is 1. The summed E-state index contributed by atoms with van der Waals surface area (Å²) in [7, 11) is 1.63. The quantitative estimate of drug-likeness (QED) is 0.486. The second-order valence-corrected chi connectivity index (χ2v) is 7.73. The number of methoxy groups -OCH3 is 1. The summed E-state index contributed by atoms with van der Waals surface area (Å²) < 4.78 is 11.7. The molecule has 0 radical (unpaired) electrons. The second-order valence-electron chi connectivity index (χ2n) is 6.82. The van der Waals surface area contributed by atoms with Crippen molar-refractivity contribution in [1.82, 2.24) is 10.7 Å². The highest BCUT2D eigenvalue weighted by molar-refractivity contribution is 9.10. The topological polar surface area (TPSA) is 92.9 Å². The SMILES string of the molecule is COCCCNC(=O)c1oc2c(c1C)/C(=N/NC(=O)c1ccc(Br)cc1)CCC2. The van der Waals surface area contributed by atoms with E-state index in [2.05, 4.69) is 31.8 Å². The largest absolute Gasteiger partial charge is 0.455 e. The van der Waals surface area contributed by atoms with Gasteiger partial charge in [-0.1, -0.05) is 15.9 Å². The Labute approximate surface area is 178 Å². The Morgan fingerprint density at radius 2 is 1.97 bits per heavy atom. The van der Waals surface area contributed by atoms with E-state index in [9.17, 15) is 9.59 Å². The first-order valence-electron chi connectivity index (χ1n) is 9.53. The Morgan fingerprint density at radius 3 is 2.69 bits per heavy atom. The maximum Gasteiger partial charge on any atom is 0.287 e. The summed E-state index contributed by atoms with van der Waals surface area (Å²) in [5, 5.41) is 7.19. The van der Waals surface area contributed by atoms with Crippen molar-refractivity contribution in [2.45, 2.75) is 32.6 Å². The van der Waals surface area contributed by atoms with Crippen LogP contribution < -0.4 is 10.7 Å². The summed E-state index contributed by atoms with van der Waals surface area (Å²) >= 11 is 3.35. The molecule has 1 aliphatic carbocycles. The first kappa shape index (κ1) is 21.3. The van der Waals surface area contributed by atoms with Crippen molar-refractivity contribution >= 4 is 33.5 Å². The Morgan fingerprint density at radius 1 is 1.21 bits per heavy atom. The Hall–Kier alpha value is -2.45. The van der Waals surface area contributed by atoms with Gasteiger partial charge in [0.15, 0.2) is 5.76 Å². The number of nitrogens with one attached hydrogen (secondary N) is 2. The molecule has 7 nitrogen and oxygen atoms in total. The maximum absolute atomic E-state index is 12.5. The van der Waals surface area contributed by atoms with E-state index >= 15 is 0 Å². The van der Waals surface area contributed by atoms with Crippen molar-refractivity contribution in [3.63, 3.8) is 0 Å².